The number of rotatable bonds is 30. The molecule has 0 radical (unpaired) electrons. The number of carboxylic acids is 1. The van der Waals surface area contributed by atoms with E-state index in [0.29, 0.717) is 0 Å². The van der Waals surface area contributed by atoms with Crippen LogP contribution in [0.15, 0.2) is 0 Å². The van der Waals surface area contributed by atoms with Crippen molar-refractivity contribution in [1.29, 1.82) is 0 Å². The first kappa shape index (κ1) is 38.2. The van der Waals surface area contributed by atoms with Crippen molar-refractivity contribution in [3.63, 3.8) is 0 Å². The molecule has 4 heteroatoms. The van der Waals surface area contributed by atoms with E-state index < -0.39 is 5.97 Å². The van der Waals surface area contributed by atoms with E-state index in [9.17, 15) is 9.90 Å². The molecule has 3 nitrogen and oxygen atoms in total. The molecule has 0 fully saturated rings. The number of carbonyl (C=O) groups is 1. The van der Waals surface area contributed by atoms with Gasteiger partial charge in [-0.25, -0.2) is 0 Å². The number of nitrogens with zero attached hydrogens (tertiary/aromatic N) is 1. The minimum absolute atomic E-state index is 0. The van der Waals surface area contributed by atoms with Crippen molar-refractivity contribution in [2.75, 3.05) is 19.6 Å². The molecule has 0 amide bonds. The topological polar surface area (TPSA) is 43.4 Å². The Kier molecular flexibility index (Phi) is 35.1. The Morgan fingerprint density at radius 3 is 0.889 bits per heavy atom. The Bertz CT molecular complexity index is 389. The summed E-state index contributed by atoms with van der Waals surface area (Å²) < 4.78 is 0. The molecule has 0 rings (SSSR count). The molecule has 0 bridgehead atoms. The summed E-state index contributed by atoms with van der Waals surface area (Å²) in [7, 11) is 0. The standard InChI is InChI=1S/C32H65NO2.Li/c1-3-5-7-9-11-13-15-17-19-21-23-25-27-29-33(31-32(34)35)30-28-26-24-22-20-18-16-14-12-10-8-6-4-2;/h3-31H2,1-2H3,(H,34,35);/q;+1/p-1. The number of unbranched alkanes of at least 4 members (excludes halogenated alkanes) is 24. The average molecular weight is 502 g/mol. The number of carbonyl (C=O) groups excluding carboxylic acids is 1. The first-order valence-corrected chi connectivity index (χ1v) is 16.1. The van der Waals surface area contributed by atoms with Crippen LogP contribution in [0, 0.1) is 0 Å². The van der Waals surface area contributed by atoms with Crippen LogP contribution >= 0.6 is 0 Å². The van der Waals surface area contributed by atoms with E-state index >= 15 is 0 Å². The quantitative estimate of drug-likeness (QED) is 0.0866. The summed E-state index contributed by atoms with van der Waals surface area (Å²) in [5.74, 6) is -0.922. The summed E-state index contributed by atoms with van der Waals surface area (Å²) in [5, 5.41) is 11.1. The van der Waals surface area contributed by atoms with Crippen molar-refractivity contribution < 1.29 is 28.8 Å². The molecule has 0 aliphatic carbocycles. The zero-order chi connectivity index (χ0) is 25.7. The summed E-state index contributed by atoms with van der Waals surface area (Å²) in [4.78, 5) is 13.2. The molecular weight excluding hydrogens is 437 g/mol. The number of hydrogen-bond acceptors (Lipinski definition) is 3. The van der Waals surface area contributed by atoms with E-state index in [0.717, 1.165) is 25.9 Å². The van der Waals surface area contributed by atoms with Gasteiger partial charge in [-0.15, -0.1) is 0 Å². The molecule has 0 unspecified atom stereocenters. The van der Waals surface area contributed by atoms with E-state index in [1.165, 1.54) is 154 Å². The van der Waals surface area contributed by atoms with E-state index in [-0.39, 0.29) is 25.4 Å². The molecular formula is C32H64LiNO2. The molecule has 0 spiro atoms. The van der Waals surface area contributed by atoms with Crippen molar-refractivity contribution in [2.45, 2.75) is 181 Å². The molecule has 0 aromatic rings. The van der Waals surface area contributed by atoms with Crippen LogP contribution in [0.5, 0.6) is 0 Å². The SMILES string of the molecule is CCCCCCCCCCCCCCCN(CCCCCCCCCCCCCCC)CC(=O)[O-].[Li+]. The van der Waals surface area contributed by atoms with Crippen LogP contribution in [-0.2, 0) is 4.79 Å². The number of hydrogen-bond donors (Lipinski definition) is 0. The third-order valence-electron chi connectivity index (χ3n) is 7.51. The van der Waals surface area contributed by atoms with Gasteiger partial charge in [0.25, 0.3) is 0 Å². The Morgan fingerprint density at radius 1 is 0.444 bits per heavy atom. The molecule has 0 atom stereocenters. The Labute approximate surface area is 239 Å². The van der Waals surface area contributed by atoms with Crippen LogP contribution < -0.4 is 24.0 Å². The third kappa shape index (κ3) is 32.1. The first-order valence-electron chi connectivity index (χ1n) is 16.1. The summed E-state index contributed by atoms with van der Waals surface area (Å²) in [5.41, 5.74) is 0. The maximum absolute atomic E-state index is 11.1. The molecule has 210 valence electrons. The van der Waals surface area contributed by atoms with Gasteiger partial charge in [-0.2, -0.15) is 0 Å². The zero-order valence-corrected chi connectivity index (χ0v) is 25.3. The normalized spacial score (nSPS) is 11.2. The molecule has 0 aromatic heterocycles. The molecule has 0 saturated carbocycles. The smallest absolute Gasteiger partial charge is 0.549 e. The third-order valence-corrected chi connectivity index (χ3v) is 7.51. The second kappa shape index (κ2) is 33.1. The van der Waals surface area contributed by atoms with Gasteiger partial charge in [0.05, 0.1) is 5.97 Å². The number of carboxylic acid groups (broad SMARTS) is 1. The first-order chi connectivity index (χ1) is 17.2. The fraction of sp³-hybridized carbons (Fsp3) is 0.969. The van der Waals surface area contributed by atoms with Gasteiger partial charge in [0.1, 0.15) is 0 Å². The van der Waals surface area contributed by atoms with Gasteiger partial charge in [0, 0.05) is 6.54 Å². The maximum Gasteiger partial charge on any atom is 1.00 e. The van der Waals surface area contributed by atoms with E-state index in [4.69, 9.17) is 0 Å². The molecule has 0 aliphatic rings. The van der Waals surface area contributed by atoms with Crippen molar-refractivity contribution in [3.05, 3.63) is 0 Å². The second-order valence-electron chi connectivity index (χ2n) is 11.1. The summed E-state index contributed by atoms with van der Waals surface area (Å²) in [6.07, 6.45) is 35.2. The van der Waals surface area contributed by atoms with Crippen molar-refractivity contribution in [2.24, 2.45) is 0 Å². The van der Waals surface area contributed by atoms with Gasteiger partial charge in [-0.3, -0.25) is 4.90 Å². The van der Waals surface area contributed by atoms with E-state index in [2.05, 4.69) is 18.7 Å². The van der Waals surface area contributed by atoms with Crippen LogP contribution in [0.4, 0.5) is 0 Å². The predicted octanol–water partition coefficient (Wildman–Crippen LogP) is 6.22. The van der Waals surface area contributed by atoms with Crippen molar-refractivity contribution in [3.8, 4) is 0 Å². The fourth-order valence-electron chi connectivity index (χ4n) is 5.16. The van der Waals surface area contributed by atoms with Crippen molar-refractivity contribution in [1.82, 2.24) is 4.90 Å². The van der Waals surface area contributed by atoms with Gasteiger partial charge in [-0.05, 0) is 25.9 Å². The monoisotopic (exact) mass is 502 g/mol. The Hall–Kier alpha value is 0.0274. The fourth-order valence-corrected chi connectivity index (χ4v) is 5.16. The molecule has 0 heterocycles. The second-order valence-corrected chi connectivity index (χ2v) is 11.1. The Balaban J connectivity index is 0. The van der Waals surface area contributed by atoms with Gasteiger partial charge < -0.3 is 9.90 Å². The van der Waals surface area contributed by atoms with Gasteiger partial charge in [0.15, 0.2) is 0 Å². The van der Waals surface area contributed by atoms with Crippen LogP contribution in [0.3, 0.4) is 0 Å². The molecule has 0 saturated heterocycles. The summed E-state index contributed by atoms with van der Waals surface area (Å²) in [6.45, 7) is 6.51. The van der Waals surface area contributed by atoms with Crippen LogP contribution in [0.25, 0.3) is 0 Å². The molecule has 36 heavy (non-hydrogen) atoms. The Morgan fingerprint density at radius 2 is 0.667 bits per heavy atom. The largest absolute Gasteiger partial charge is 1.00 e. The minimum Gasteiger partial charge on any atom is -0.549 e. The summed E-state index contributed by atoms with van der Waals surface area (Å²) in [6, 6.07) is 0. The molecule has 0 aromatic carbocycles. The molecule has 0 N–H and O–H groups in total. The number of aliphatic carboxylic acids is 1. The molecule has 0 aliphatic heterocycles. The van der Waals surface area contributed by atoms with Gasteiger partial charge in [0.2, 0.25) is 0 Å². The maximum atomic E-state index is 11.1. The van der Waals surface area contributed by atoms with Crippen LogP contribution in [0.1, 0.15) is 181 Å². The zero-order valence-electron chi connectivity index (χ0n) is 25.3. The van der Waals surface area contributed by atoms with Crippen molar-refractivity contribution >= 4 is 5.97 Å². The van der Waals surface area contributed by atoms with Crippen LogP contribution in [0.2, 0.25) is 0 Å². The predicted molar refractivity (Wildman–Crippen MR) is 153 cm³/mol. The van der Waals surface area contributed by atoms with Crippen LogP contribution in [-0.4, -0.2) is 30.5 Å². The average Bonchev–Trinajstić information content (AvgIpc) is 2.84. The van der Waals surface area contributed by atoms with Gasteiger partial charge >= 0.3 is 18.9 Å². The minimum atomic E-state index is -0.922. The van der Waals surface area contributed by atoms with E-state index in [1.54, 1.807) is 0 Å². The van der Waals surface area contributed by atoms with E-state index in [1.807, 2.05) is 0 Å². The van der Waals surface area contributed by atoms with Gasteiger partial charge in [-0.1, -0.05) is 168 Å². The summed E-state index contributed by atoms with van der Waals surface area (Å²) >= 11 is 0.